The molecule has 17 heavy (non-hydrogen) atoms. The summed E-state index contributed by atoms with van der Waals surface area (Å²) in [5, 5.41) is 33.4. The second-order valence-corrected chi connectivity index (χ2v) is 5.14. The van der Waals surface area contributed by atoms with Gasteiger partial charge in [0.2, 0.25) is 0 Å². The van der Waals surface area contributed by atoms with Gasteiger partial charge in [-0.1, -0.05) is 6.42 Å². The minimum Gasteiger partial charge on any atom is -0.480 e. The van der Waals surface area contributed by atoms with Gasteiger partial charge in [-0.15, -0.1) is 0 Å². The lowest BCUT2D eigenvalue weighted by Crippen LogP contribution is -2.58. The van der Waals surface area contributed by atoms with Gasteiger partial charge in [-0.05, 0) is 25.7 Å². The first-order valence-electron chi connectivity index (χ1n) is 6.08. The van der Waals surface area contributed by atoms with E-state index in [1.54, 1.807) is 0 Å². The zero-order valence-electron chi connectivity index (χ0n) is 9.78. The molecule has 96 valence electrons. The number of carboxylic acids is 1. The first-order chi connectivity index (χ1) is 8.02. The van der Waals surface area contributed by atoms with E-state index in [9.17, 15) is 9.90 Å². The van der Waals surface area contributed by atoms with Crippen molar-refractivity contribution < 1.29 is 19.9 Å². The molecule has 2 heterocycles. The molecule has 5 N–H and O–H groups in total. The van der Waals surface area contributed by atoms with Crippen molar-refractivity contribution in [2.24, 2.45) is 5.41 Å². The maximum absolute atomic E-state index is 11.5. The third kappa shape index (κ3) is 1.97. The van der Waals surface area contributed by atoms with Crippen molar-refractivity contribution in [1.29, 1.82) is 0 Å². The van der Waals surface area contributed by atoms with Gasteiger partial charge in [0.15, 0.2) is 0 Å². The highest BCUT2D eigenvalue weighted by Gasteiger charge is 2.62. The molecule has 2 fully saturated rings. The van der Waals surface area contributed by atoms with Crippen LogP contribution in [-0.2, 0) is 4.79 Å². The monoisotopic (exact) mass is 242 g/mol. The van der Waals surface area contributed by atoms with Crippen molar-refractivity contribution in [3.63, 3.8) is 0 Å². The van der Waals surface area contributed by atoms with Gasteiger partial charge in [-0.25, -0.2) is 0 Å². The molecule has 0 unspecified atom stereocenters. The van der Waals surface area contributed by atoms with Gasteiger partial charge in [0.25, 0.3) is 0 Å². The molecule has 0 aromatic rings. The predicted octanol–water partition coefficient (Wildman–Crippen LogP) is -1.35. The molecule has 2 aliphatic heterocycles. The lowest BCUT2D eigenvalue weighted by molar-refractivity contribution is -0.147. The number of aliphatic carboxylic acids is 1. The van der Waals surface area contributed by atoms with E-state index in [4.69, 9.17) is 10.0 Å². The number of hydrogen-bond donors (Lipinski definition) is 5. The summed E-state index contributed by atoms with van der Waals surface area (Å²) < 4.78 is 0. The highest BCUT2D eigenvalue weighted by atomic mass is 16.4. The van der Waals surface area contributed by atoms with Crippen LogP contribution in [0.2, 0.25) is 6.32 Å². The molecule has 0 aliphatic carbocycles. The molecule has 0 amide bonds. The second kappa shape index (κ2) is 4.57. The molecule has 0 aromatic carbocycles. The third-order valence-electron chi connectivity index (χ3n) is 4.27. The first-order valence-corrected chi connectivity index (χ1v) is 6.08. The Labute approximate surface area is 101 Å². The minimum atomic E-state index is -1.30. The van der Waals surface area contributed by atoms with Crippen LogP contribution in [0, 0.1) is 5.41 Å². The zero-order valence-corrected chi connectivity index (χ0v) is 9.78. The minimum absolute atomic E-state index is 0.284. The van der Waals surface area contributed by atoms with E-state index < -0.39 is 18.6 Å². The quantitative estimate of drug-likeness (QED) is 0.382. The van der Waals surface area contributed by atoms with Crippen molar-refractivity contribution in [2.45, 2.75) is 31.1 Å². The average molecular weight is 242 g/mol. The maximum atomic E-state index is 11.5. The van der Waals surface area contributed by atoms with E-state index in [0.29, 0.717) is 32.3 Å². The van der Waals surface area contributed by atoms with Crippen molar-refractivity contribution in [2.75, 3.05) is 19.6 Å². The zero-order chi connectivity index (χ0) is 12.5. The summed E-state index contributed by atoms with van der Waals surface area (Å²) in [4.78, 5) is 11.5. The molecule has 0 aromatic heterocycles. The number of carbonyl (C=O) groups is 1. The van der Waals surface area contributed by atoms with Gasteiger partial charge < -0.3 is 25.8 Å². The Morgan fingerprint density at radius 3 is 2.76 bits per heavy atom. The fraction of sp³-hybridized carbons (Fsp3) is 0.900. The Morgan fingerprint density at radius 2 is 2.12 bits per heavy atom. The standard InChI is InChI=1S/C10H19BN2O4/c14-8(15)10-7-12-6-9(10,3-5-13-10)2-1-4-11(16)17/h12-13,16-17H,1-7H2,(H,14,15)/t9-,10-/m1/s1. The smallest absolute Gasteiger partial charge is 0.451 e. The number of nitrogens with one attached hydrogen (secondary N) is 2. The van der Waals surface area contributed by atoms with Crippen LogP contribution in [0.15, 0.2) is 0 Å². The fourth-order valence-electron chi connectivity index (χ4n) is 3.32. The molecule has 0 bridgehead atoms. The SMILES string of the molecule is O=C(O)[C@]12CNC[C@@]1(CCCB(O)O)CCN2. The summed E-state index contributed by atoms with van der Waals surface area (Å²) in [6.07, 6.45) is 2.47. The Balaban J connectivity index is 2.08. The average Bonchev–Trinajstić information content (AvgIpc) is 2.72. The number of fused-ring (bicyclic) bond motifs is 1. The third-order valence-corrected chi connectivity index (χ3v) is 4.27. The normalized spacial score (nSPS) is 35.9. The molecule has 2 atom stereocenters. The van der Waals surface area contributed by atoms with Crippen LogP contribution in [0.25, 0.3) is 0 Å². The highest BCUT2D eigenvalue weighted by Crippen LogP contribution is 2.46. The first kappa shape index (κ1) is 12.8. The van der Waals surface area contributed by atoms with E-state index in [1.807, 2.05) is 0 Å². The Bertz CT molecular complexity index is 301. The van der Waals surface area contributed by atoms with Gasteiger partial charge in [-0.3, -0.25) is 4.79 Å². The van der Waals surface area contributed by atoms with E-state index in [2.05, 4.69) is 10.6 Å². The van der Waals surface area contributed by atoms with Crippen LogP contribution < -0.4 is 10.6 Å². The van der Waals surface area contributed by atoms with Crippen molar-refractivity contribution >= 4 is 13.1 Å². The summed E-state index contributed by atoms with van der Waals surface area (Å²) in [5.41, 5.74) is -1.15. The molecule has 2 rings (SSSR count). The maximum Gasteiger partial charge on any atom is 0.451 e. The second-order valence-electron chi connectivity index (χ2n) is 5.14. The van der Waals surface area contributed by atoms with E-state index >= 15 is 0 Å². The molecule has 6 nitrogen and oxygen atoms in total. The number of rotatable bonds is 5. The highest BCUT2D eigenvalue weighted by molar-refractivity contribution is 6.40. The summed E-state index contributed by atoms with van der Waals surface area (Å²) >= 11 is 0. The van der Waals surface area contributed by atoms with Crippen molar-refractivity contribution in [1.82, 2.24) is 10.6 Å². The van der Waals surface area contributed by atoms with E-state index in [0.717, 1.165) is 13.0 Å². The van der Waals surface area contributed by atoms with Crippen LogP contribution in [0.4, 0.5) is 0 Å². The summed E-state index contributed by atoms with van der Waals surface area (Å²) in [5.74, 6) is -0.801. The van der Waals surface area contributed by atoms with E-state index in [-0.39, 0.29) is 5.41 Å². The molecule has 2 saturated heterocycles. The van der Waals surface area contributed by atoms with Crippen LogP contribution >= 0.6 is 0 Å². The van der Waals surface area contributed by atoms with Crippen LogP contribution in [0.5, 0.6) is 0 Å². The molecular weight excluding hydrogens is 223 g/mol. The molecule has 0 saturated carbocycles. The lowest BCUT2D eigenvalue weighted by Gasteiger charge is -2.36. The van der Waals surface area contributed by atoms with Crippen LogP contribution in [0.1, 0.15) is 19.3 Å². The molecule has 0 spiro atoms. The molecule has 0 radical (unpaired) electrons. The fourth-order valence-corrected chi connectivity index (χ4v) is 3.32. The molecule has 7 heteroatoms. The summed E-state index contributed by atoms with van der Waals surface area (Å²) in [7, 11) is -1.30. The Hall–Kier alpha value is -0.625. The number of carboxylic acid groups (broad SMARTS) is 1. The van der Waals surface area contributed by atoms with Gasteiger partial charge >= 0.3 is 13.1 Å². The van der Waals surface area contributed by atoms with Gasteiger partial charge in [-0.2, -0.15) is 0 Å². The largest absolute Gasteiger partial charge is 0.480 e. The van der Waals surface area contributed by atoms with Gasteiger partial charge in [0.1, 0.15) is 5.54 Å². The number of hydrogen-bond acceptors (Lipinski definition) is 5. The Morgan fingerprint density at radius 1 is 1.35 bits per heavy atom. The molecule has 2 aliphatic rings. The van der Waals surface area contributed by atoms with E-state index in [1.165, 1.54) is 0 Å². The molecular formula is C10H19BN2O4. The van der Waals surface area contributed by atoms with Crippen molar-refractivity contribution in [3.8, 4) is 0 Å². The van der Waals surface area contributed by atoms with Crippen molar-refractivity contribution in [3.05, 3.63) is 0 Å². The lowest BCUT2D eigenvalue weighted by atomic mass is 9.68. The van der Waals surface area contributed by atoms with Gasteiger partial charge in [0.05, 0.1) is 0 Å². The summed E-state index contributed by atoms with van der Waals surface area (Å²) in [6, 6.07) is 0. The van der Waals surface area contributed by atoms with Crippen LogP contribution in [-0.4, -0.2) is 53.4 Å². The van der Waals surface area contributed by atoms with Gasteiger partial charge in [0, 0.05) is 18.5 Å². The Kier molecular flexibility index (Phi) is 3.44. The topological polar surface area (TPSA) is 102 Å². The summed E-state index contributed by atoms with van der Waals surface area (Å²) in [6.45, 7) is 1.85. The van der Waals surface area contributed by atoms with Crippen LogP contribution in [0.3, 0.4) is 0 Å². The predicted molar refractivity (Wildman–Crippen MR) is 62.5 cm³/mol.